The lowest BCUT2D eigenvalue weighted by atomic mass is 9.92. The van der Waals surface area contributed by atoms with E-state index in [9.17, 15) is 4.79 Å². The van der Waals surface area contributed by atoms with Crippen LogP contribution >= 0.6 is 23.2 Å². The molecule has 1 saturated heterocycles. The molecule has 9 heteroatoms. The van der Waals surface area contributed by atoms with Gasteiger partial charge in [0.1, 0.15) is 24.1 Å². The van der Waals surface area contributed by atoms with Crippen LogP contribution < -0.4 is 9.47 Å². The summed E-state index contributed by atoms with van der Waals surface area (Å²) in [4.78, 5) is 18.7. The van der Waals surface area contributed by atoms with E-state index in [-0.39, 0.29) is 0 Å². The molecule has 1 amide bonds. The molecular formula is C29H26Cl2N2O5. The van der Waals surface area contributed by atoms with Crippen molar-refractivity contribution in [2.24, 2.45) is 0 Å². The van der Waals surface area contributed by atoms with Crippen LogP contribution in [0, 0.1) is 0 Å². The summed E-state index contributed by atoms with van der Waals surface area (Å²) in [6.07, 6.45) is -0.266. The number of halogens is 2. The van der Waals surface area contributed by atoms with Gasteiger partial charge in [0, 0.05) is 33.2 Å². The fraction of sp³-hybridized carbons (Fsp3) is 0.276. The Morgan fingerprint density at radius 1 is 1.00 bits per heavy atom. The van der Waals surface area contributed by atoms with Gasteiger partial charge in [-0.15, -0.1) is 0 Å². The van der Waals surface area contributed by atoms with E-state index in [4.69, 9.17) is 42.1 Å². The summed E-state index contributed by atoms with van der Waals surface area (Å²) in [6, 6.07) is 19.8. The van der Waals surface area contributed by atoms with Gasteiger partial charge in [-0.05, 0) is 86.0 Å². The number of nitrogens with one attached hydrogen (secondary N) is 1. The van der Waals surface area contributed by atoms with Crippen molar-refractivity contribution in [1.82, 2.24) is 9.88 Å². The molecule has 7 nitrogen and oxygen atoms in total. The van der Waals surface area contributed by atoms with Crippen molar-refractivity contribution < 1.29 is 23.7 Å². The first kappa shape index (κ1) is 25.1. The number of carbonyl (C=O) groups excluding carboxylic acids is 1. The number of nitrogens with zero attached hydrogens (tertiary/aromatic N) is 1. The van der Waals surface area contributed by atoms with Gasteiger partial charge in [0.05, 0.1) is 0 Å². The summed E-state index contributed by atoms with van der Waals surface area (Å²) >= 11 is 12.3. The smallest absolute Gasteiger partial charge is 0.416 e. The van der Waals surface area contributed by atoms with E-state index in [0.717, 1.165) is 27.7 Å². The number of carbonyl (C=O) groups is 1. The minimum Gasteiger partial charge on any atom is -0.462 e. The van der Waals surface area contributed by atoms with Gasteiger partial charge in [-0.2, -0.15) is 0 Å². The maximum atomic E-state index is 13.5. The lowest BCUT2D eigenvalue weighted by molar-refractivity contribution is -0.167. The van der Waals surface area contributed by atoms with E-state index in [1.807, 2.05) is 56.3 Å². The van der Waals surface area contributed by atoms with Crippen molar-refractivity contribution in [2.45, 2.75) is 38.4 Å². The zero-order valence-corrected chi connectivity index (χ0v) is 22.4. The van der Waals surface area contributed by atoms with Crippen LogP contribution in [0.25, 0.3) is 10.9 Å². The highest BCUT2D eigenvalue weighted by molar-refractivity contribution is 6.31. The van der Waals surface area contributed by atoms with Crippen molar-refractivity contribution in [3.63, 3.8) is 0 Å². The quantitative estimate of drug-likeness (QED) is 0.292. The van der Waals surface area contributed by atoms with Crippen LogP contribution in [0.15, 0.2) is 66.7 Å². The van der Waals surface area contributed by atoms with Gasteiger partial charge >= 0.3 is 6.09 Å². The summed E-state index contributed by atoms with van der Waals surface area (Å²) in [5.41, 5.74) is 3.96. The highest BCUT2D eigenvalue weighted by atomic mass is 35.5. The largest absolute Gasteiger partial charge is 0.462 e. The molecule has 1 aromatic heterocycles. The van der Waals surface area contributed by atoms with Crippen LogP contribution in [0.1, 0.15) is 36.7 Å². The molecular weight excluding hydrogens is 527 g/mol. The standard InChI is InChI=1S/C29H26Cl2N2O5/c1-29(2)35-16-25(38-29)36-20-8-3-17(4-9-20)27-26-22(23-15-19(31)7-12-24(23)32-26)13-14-33(27)28(34)37-21-10-5-18(30)6-11-21/h3-12,15,25,27,32H,13-14,16H2,1-2H3/t25-,27+/m1/s1. The number of aromatic nitrogens is 1. The van der Waals surface area contributed by atoms with Crippen LogP contribution in [-0.2, 0) is 15.9 Å². The Morgan fingerprint density at radius 3 is 2.42 bits per heavy atom. The zero-order valence-electron chi connectivity index (χ0n) is 20.9. The second-order valence-electron chi connectivity index (χ2n) is 9.82. The van der Waals surface area contributed by atoms with Crippen molar-refractivity contribution in [3.8, 4) is 11.5 Å². The topological polar surface area (TPSA) is 73.0 Å². The Kier molecular flexibility index (Phi) is 6.48. The van der Waals surface area contributed by atoms with E-state index in [0.29, 0.717) is 41.1 Å². The fourth-order valence-electron chi connectivity index (χ4n) is 5.06. The number of aromatic amines is 1. The average Bonchev–Trinajstić information content (AvgIpc) is 3.43. The van der Waals surface area contributed by atoms with Gasteiger partial charge < -0.3 is 23.9 Å². The van der Waals surface area contributed by atoms with E-state index in [1.54, 1.807) is 29.2 Å². The van der Waals surface area contributed by atoms with Crippen LogP contribution in [-0.4, -0.2) is 41.2 Å². The molecule has 1 N–H and O–H groups in total. The fourth-order valence-corrected chi connectivity index (χ4v) is 5.36. The molecule has 0 saturated carbocycles. The number of benzene rings is 3. The van der Waals surface area contributed by atoms with Crippen molar-refractivity contribution >= 4 is 40.2 Å². The summed E-state index contributed by atoms with van der Waals surface area (Å²) in [7, 11) is 0. The normalized spacial score (nSPS) is 20.4. The van der Waals surface area contributed by atoms with E-state index in [1.165, 1.54) is 0 Å². The molecule has 0 radical (unpaired) electrons. The minimum atomic E-state index is -0.674. The second kappa shape index (κ2) is 9.82. The van der Waals surface area contributed by atoms with Crippen LogP contribution in [0.4, 0.5) is 4.79 Å². The Morgan fingerprint density at radius 2 is 1.71 bits per heavy atom. The van der Waals surface area contributed by atoms with Crippen LogP contribution in [0.3, 0.4) is 0 Å². The van der Waals surface area contributed by atoms with Crippen molar-refractivity contribution in [2.75, 3.05) is 13.2 Å². The molecule has 6 rings (SSSR count). The number of amides is 1. The first-order valence-corrected chi connectivity index (χ1v) is 13.1. The third kappa shape index (κ3) is 4.95. The SMILES string of the molecule is CC1(C)OC[C@H](Oc2ccc([C@H]3c4[nH]c5ccc(Cl)cc5c4CCN3C(=O)Oc3ccc(Cl)cc3)cc2)O1. The Balaban J connectivity index is 1.33. The van der Waals surface area contributed by atoms with E-state index in [2.05, 4.69) is 4.98 Å². The third-order valence-electron chi connectivity index (χ3n) is 6.79. The number of H-pyrrole nitrogens is 1. The molecule has 3 heterocycles. The summed E-state index contributed by atoms with van der Waals surface area (Å²) in [5.74, 6) is 0.402. The van der Waals surface area contributed by atoms with E-state index >= 15 is 0 Å². The van der Waals surface area contributed by atoms with Gasteiger partial charge in [0.15, 0.2) is 5.79 Å². The number of ether oxygens (including phenoxy) is 4. The number of hydrogen-bond donors (Lipinski definition) is 1. The summed E-state index contributed by atoms with van der Waals surface area (Å²) < 4.78 is 23.1. The lowest BCUT2D eigenvalue weighted by Gasteiger charge is -2.35. The molecule has 0 spiro atoms. The van der Waals surface area contributed by atoms with Gasteiger partial charge in [0.2, 0.25) is 6.29 Å². The van der Waals surface area contributed by atoms with Crippen molar-refractivity contribution in [3.05, 3.63) is 93.6 Å². The molecule has 38 heavy (non-hydrogen) atoms. The molecule has 1 fully saturated rings. The van der Waals surface area contributed by atoms with Crippen molar-refractivity contribution in [1.29, 1.82) is 0 Å². The van der Waals surface area contributed by atoms with Gasteiger partial charge in [-0.3, -0.25) is 4.90 Å². The summed E-state index contributed by atoms with van der Waals surface area (Å²) in [6.45, 7) is 4.53. The van der Waals surface area contributed by atoms with Gasteiger partial charge in [-0.1, -0.05) is 35.3 Å². The lowest BCUT2D eigenvalue weighted by Crippen LogP contribution is -2.42. The highest BCUT2D eigenvalue weighted by Crippen LogP contribution is 2.40. The third-order valence-corrected chi connectivity index (χ3v) is 7.28. The number of fused-ring (bicyclic) bond motifs is 3. The Hall–Kier alpha value is -3.23. The molecule has 4 aromatic rings. The first-order chi connectivity index (χ1) is 18.3. The van der Waals surface area contributed by atoms with Gasteiger partial charge in [0.25, 0.3) is 0 Å². The molecule has 2 aliphatic heterocycles. The monoisotopic (exact) mass is 552 g/mol. The first-order valence-electron chi connectivity index (χ1n) is 12.4. The molecule has 0 aliphatic carbocycles. The molecule has 196 valence electrons. The molecule has 3 aromatic carbocycles. The van der Waals surface area contributed by atoms with Crippen LogP contribution in [0.2, 0.25) is 10.0 Å². The molecule has 0 bridgehead atoms. The summed E-state index contributed by atoms with van der Waals surface area (Å²) in [5, 5.41) is 2.30. The molecule has 0 unspecified atom stereocenters. The molecule has 2 aliphatic rings. The highest BCUT2D eigenvalue weighted by Gasteiger charge is 2.36. The number of hydrogen-bond acceptors (Lipinski definition) is 5. The minimum absolute atomic E-state index is 0.350. The van der Waals surface area contributed by atoms with Gasteiger partial charge in [-0.25, -0.2) is 4.79 Å². The Labute approximate surface area is 230 Å². The number of rotatable bonds is 4. The van der Waals surface area contributed by atoms with Crippen LogP contribution in [0.5, 0.6) is 11.5 Å². The average molecular weight is 553 g/mol. The predicted molar refractivity (Wildman–Crippen MR) is 145 cm³/mol. The predicted octanol–water partition coefficient (Wildman–Crippen LogP) is 7.11. The van der Waals surface area contributed by atoms with E-state index < -0.39 is 24.2 Å². The second-order valence-corrected chi connectivity index (χ2v) is 10.7. The Bertz CT molecular complexity index is 1480. The zero-order chi connectivity index (χ0) is 26.4. The molecule has 2 atom stereocenters. The maximum Gasteiger partial charge on any atom is 0.416 e. The maximum absolute atomic E-state index is 13.5.